The van der Waals surface area contributed by atoms with Crippen molar-refractivity contribution in [1.29, 1.82) is 0 Å². The van der Waals surface area contributed by atoms with E-state index in [9.17, 15) is 14.7 Å². The Kier molecular flexibility index (Phi) is 8.99. The molecule has 1 aromatic rings. The van der Waals surface area contributed by atoms with Crippen LogP contribution < -0.4 is 30.1 Å². The first-order valence-electron chi connectivity index (χ1n) is 9.51. The first-order valence-corrected chi connectivity index (χ1v) is 9.51. The number of anilines is 1. The minimum absolute atomic E-state index is 0.179. The van der Waals surface area contributed by atoms with E-state index in [0.29, 0.717) is 23.7 Å². The number of carbonyl (C=O) groups excluding carboxylic acids is 2. The molecule has 1 fully saturated rings. The molecule has 1 heterocycles. The Hall–Kier alpha value is -2.36. The number of quaternary nitrogens is 2. The zero-order valence-corrected chi connectivity index (χ0v) is 16.5. The third-order valence-corrected chi connectivity index (χ3v) is 4.78. The Balaban J connectivity index is 1.80. The fourth-order valence-corrected chi connectivity index (χ4v) is 3.15. The zero-order valence-electron chi connectivity index (χ0n) is 16.5. The van der Waals surface area contributed by atoms with E-state index in [0.717, 1.165) is 39.3 Å². The first kappa shape index (κ1) is 21.9. The smallest absolute Gasteiger partial charge is 0.230 e. The summed E-state index contributed by atoms with van der Waals surface area (Å²) < 4.78 is 15.7. The monoisotopic (exact) mass is 396 g/mol. The van der Waals surface area contributed by atoms with Gasteiger partial charge in [-0.15, -0.1) is 0 Å². The topological polar surface area (TPSA) is 118 Å². The molecule has 0 aromatic heterocycles. The van der Waals surface area contributed by atoms with Crippen molar-refractivity contribution in [1.82, 2.24) is 0 Å². The standard InChI is InChI=1S/C19H29N3O6/c1-26-14-4-5-15(17(12-14)27-2)21-18(23)13-16(19(24)25)20-6-3-7-22-8-10-28-11-9-22/h4-5,12,16,20H,3,6-11,13H2,1-2H3,(H,21,23)(H,24,25)/p+1/t16-/m1/s1. The summed E-state index contributed by atoms with van der Waals surface area (Å²) in [4.78, 5) is 25.2. The minimum Gasteiger partial charge on any atom is -0.544 e. The predicted molar refractivity (Wildman–Crippen MR) is 99.4 cm³/mol. The molecule has 0 spiro atoms. The molecule has 2 rings (SSSR count). The summed E-state index contributed by atoms with van der Waals surface area (Å²) in [6.45, 7) is 5.11. The summed E-state index contributed by atoms with van der Waals surface area (Å²) in [5.41, 5.74) is 0.460. The van der Waals surface area contributed by atoms with Crippen LogP contribution in [0.2, 0.25) is 0 Å². The van der Waals surface area contributed by atoms with Gasteiger partial charge in [-0.25, -0.2) is 0 Å². The second-order valence-corrected chi connectivity index (χ2v) is 6.73. The third-order valence-electron chi connectivity index (χ3n) is 4.78. The van der Waals surface area contributed by atoms with Crippen molar-refractivity contribution in [3.8, 4) is 11.5 Å². The van der Waals surface area contributed by atoms with E-state index in [1.54, 1.807) is 23.5 Å². The maximum atomic E-state index is 12.3. The molecule has 1 aliphatic heterocycles. The summed E-state index contributed by atoms with van der Waals surface area (Å²) in [5.74, 6) is -0.614. The molecule has 9 nitrogen and oxygen atoms in total. The molecule has 1 amide bonds. The predicted octanol–water partition coefficient (Wildman–Crippen LogP) is -2.98. The van der Waals surface area contributed by atoms with Gasteiger partial charge >= 0.3 is 0 Å². The van der Waals surface area contributed by atoms with Crippen LogP contribution in [0.15, 0.2) is 18.2 Å². The SMILES string of the molecule is COc1ccc(NC(=O)C[C@@H]([NH2+]CCC[NH+]2CCOCC2)C(=O)[O-])c(OC)c1. The molecule has 1 saturated heterocycles. The van der Waals surface area contributed by atoms with Crippen LogP contribution in [0.3, 0.4) is 0 Å². The maximum absolute atomic E-state index is 12.3. The highest BCUT2D eigenvalue weighted by Crippen LogP contribution is 2.29. The van der Waals surface area contributed by atoms with Crippen LogP contribution in [0.25, 0.3) is 0 Å². The van der Waals surface area contributed by atoms with Crippen LogP contribution in [0.1, 0.15) is 12.8 Å². The summed E-state index contributed by atoms with van der Waals surface area (Å²) >= 11 is 0. The number of hydrogen-bond acceptors (Lipinski definition) is 6. The molecule has 1 atom stereocenters. The van der Waals surface area contributed by atoms with Crippen LogP contribution in [0.5, 0.6) is 11.5 Å². The largest absolute Gasteiger partial charge is 0.544 e. The van der Waals surface area contributed by atoms with Gasteiger partial charge in [-0.2, -0.15) is 0 Å². The zero-order chi connectivity index (χ0) is 20.4. The van der Waals surface area contributed by atoms with Crippen LogP contribution in [-0.4, -0.2) is 71.5 Å². The molecule has 9 heteroatoms. The van der Waals surface area contributed by atoms with Gasteiger partial charge in [0.1, 0.15) is 30.6 Å². The van der Waals surface area contributed by atoms with Gasteiger partial charge in [0.05, 0.1) is 58.6 Å². The third kappa shape index (κ3) is 6.99. The number of ether oxygens (including phenoxy) is 3. The van der Waals surface area contributed by atoms with Crippen molar-refractivity contribution in [3.05, 3.63) is 18.2 Å². The molecule has 4 N–H and O–H groups in total. The quantitative estimate of drug-likeness (QED) is 0.344. The van der Waals surface area contributed by atoms with Crippen LogP contribution in [-0.2, 0) is 14.3 Å². The summed E-state index contributed by atoms with van der Waals surface area (Å²) in [6, 6.07) is 4.06. The average molecular weight is 396 g/mol. The van der Waals surface area contributed by atoms with Gasteiger partial charge in [0.2, 0.25) is 5.91 Å². The van der Waals surface area contributed by atoms with E-state index in [1.807, 2.05) is 0 Å². The van der Waals surface area contributed by atoms with Crippen molar-refractivity contribution >= 4 is 17.6 Å². The number of nitrogens with one attached hydrogen (secondary N) is 2. The second kappa shape index (κ2) is 11.5. The first-order chi connectivity index (χ1) is 13.5. The van der Waals surface area contributed by atoms with Crippen LogP contribution >= 0.6 is 0 Å². The number of carboxylic acids is 1. The van der Waals surface area contributed by atoms with E-state index >= 15 is 0 Å². The molecular weight excluding hydrogens is 366 g/mol. The van der Waals surface area contributed by atoms with E-state index in [1.165, 1.54) is 19.1 Å². The van der Waals surface area contributed by atoms with E-state index in [4.69, 9.17) is 14.2 Å². The van der Waals surface area contributed by atoms with E-state index in [-0.39, 0.29) is 6.42 Å². The lowest BCUT2D eigenvalue weighted by molar-refractivity contribution is -0.909. The molecule has 0 radical (unpaired) electrons. The average Bonchev–Trinajstić information content (AvgIpc) is 2.71. The normalized spacial score (nSPS) is 15.6. The van der Waals surface area contributed by atoms with Crippen molar-refractivity contribution in [2.75, 3.05) is 58.9 Å². The number of carbonyl (C=O) groups is 2. The van der Waals surface area contributed by atoms with Gasteiger partial charge in [-0.3, -0.25) is 4.79 Å². The highest BCUT2D eigenvalue weighted by molar-refractivity contribution is 5.94. The van der Waals surface area contributed by atoms with Gasteiger partial charge < -0.3 is 39.6 Å². The Labute approximate surface area is 164 Å². The fourth-order valence-electron chi connectivity index (χ4n) is 3.15. The second-order valence-electron chi connectivity index (χ2n) is 6.73. The highest BCUT2D eigenvalue weighted by atomic mass is 16.5. The molecule has 156 valence electrons. The number of hydrogen-bond donors (Lipinski definition) is 3. The van der Waals surface area contributed by atoms with Gasteiger partial charge in [0.25, 0.3) is 0 Å². The van der Waals surface area contributed by atoms with Gasteiger partial charge in [-0.05, 0) is 12.1 Å². The molecule has 0 aliphatic carbocycles. The molecule has 1 aliphatic rings. The number of methoxy groups -OCH3 is 2. The molecule has 0 bridgehead atoms. The molecule has 0 saturated carbocycles. The Morgan fingerprint density at radius 1 is 1.29 bits per heavy atom. The minimum atomic E-state index is -1.24. The van der Waals surface area contributed by atoms with Crippen LogP contribution in [0.4, 0.5) is 5.69 Å². The summed E-state index contributed by atoms with van der Waals surface area (Å²) in [7, 11) is 3.02. The van der Waals surface area contributed by atoms with Crippen molar-refractivity contribution in [2.24, 2.45) is 0 Å². The lowest BCUT2D eigenvalue weighted by atomic mass is 10.2. The lowest BCUT2D eigenvalue weighted by Crippen LogP contribution is -3.14. The van der Waals surface area contributed by atoms with Crippen LogP contribution in [0, 0.1) is 0 Å². The fraction of sp³-hybridized carbons (Fsp3) is 0.579. The molecular formula is C19H30N3O6+. The van der Waals surface area contributed by atoms with E-state index < -0.39 is 17.9 Å². The number of morpholine rings is 1. The van der Waals surface area contributed by atoms with Gasteiger partial charge in [0.15, 0.2) is 0 Å². The number of benzene rings is 1. The number of amides is 1. The number of carboxylic acid groups (broad SMARTS) is 1. The number of rotatable bonds is 11. The van der Waals surface area contributed by atoms with Crippen molar-refractivity contribution in [3.63, 3.8) is 0 Å². The van der Waals surface area contributed by atoms with Gasteiger partial charge in [0, 0.05) is 12.5 Å². The highest BCUT2D eigenvalue weighted by Gasteiger charge is 2.20. The molecule has 28 heavy (non-hydrogen) atoms. The Morgan fingerprint density at radius 3 is 2.68 bits per heavy atom. The summed E-state index contributed by atoms with van der Waals surface area (Å²) in [5, 5.41) is 15.8. The number of nitrogens with two attached hydrogens (primary N) is 1. The molecule has 0 unspecified atom stereocenters. The van der Waals surface area contributed by atoms with E-state index in [2.05, 4.69) is 5.32 Å². The number of aliphatic carboxylic acids is 1. The maximum Gasteiger partial charge on any atom is 0.230 e. The van der Waals surface area contributed by atoms with Crippen molar-refractivity contribution in [2.45, 2.75) is 18.9 Å². The van der Waals surface area contributed by atoms with Gasteiger partial charge in [-0.1, -0.05) is 0 Å². The molecule has 1 aromatic carbocycles. The van der Waals surface area contributed by atoms with Crippen molar-refractivity contribution < 1.29 is 39.1 Å². The Morgan fingerprint density at radius 2 is 2.04 bits per heavy atom. The summed E-state index contributed by atoms with van der Waals surface area (Å²) in [6.07, 6.45) is 0.689. The lowest BCUT2D eigenvalue weighted by Gasteiger charge is -2.23. The Bertz CT molecular complexity index is 649.